The zero-order chi connectivity index (χ0) is 19.7. The van der Waals surface area contributed by atoms with Crippen LogP contribution >= 0.6 is 0 Å². The van der Waals surface area contributed by atoms with Crippen molar-refractivity contribution in [3.63, 3.8) is 0 Å². The smallest absolute Gasteiger partial charge is 0.221 e. The molecule has 0 unspecified atom stereocenters. The number of amides is 1. The number of carbonyl (C=O) groups excluding carboxylic acids is 1. The van der Waals surface area contributed by atoms with Crippen LogP contribution in [0.25, 0.3) is 11.4 Å². The van der Waals surface area contributed by atoms with Crippen molar-refractivity contribution >= 4 is 11.6 Å². The summed E-state index contributed by atoms with van der Waals surface area (Å²) in [5, 5.41) is 12.9. The maximum Gasteiger partial charge on any atom is 0.221 e. The summed E-state index contributed by atoms with van der Waals surface area (Å²) in [7, 11) is 2.04. The molecule has 2 aromatic carbocycles. The molecule has 0 radical (unpaired) electrons. The SMILES string of the molecule is CC(=O)Nc1cccc(-c2nc3c(n2C)CN(Cc2ccccc2O)CC3)c1. The van der Waals surface area contributed by atoms with E-state index in [0.717, 1.165) is 47.8 Å². The molecule has 0 atom stereocenters. The number of carbonyl (C=O) groups is 1. The van der Waals surface area contributed by atoms with Crippen LogP contribution in [0, 0.1) is 0 Å². The number of nitrogens with one attached hydrogen (secondary N) is 1. The van der Waals surface area contributed by atoms with Crippen LogP contribution < -0.4 is 5.32 Å². The summed E-state index contributed by atoms with van der Waals surface area (Å²) >= 11 is 0. The number of fused-ring (bicyclic) bond motifs is 1. The van der Waals surface area contributed by atoms with Crippen molar-refractivity contribution in [1.82, 2.24) is 14.5 Å². The van der Waals surface area contributed by atoms with E-state index in [1.54, 1.807) is 6.07 Å². The Morgan fingerprint density at radius 2 is 2.04 bits per heavy atom. The average Bonchev–Trinajstić information content (AvgIpc) is 3.00. The van der Waals surface area contributed by atoms with Gasteiger partial charge in [-0.15, -0.1) is 0 Å². The molecular weight excluding hydrogens is 352 g/mol. The van der Waals surface area contributed by atoms with Gasteiger partial charge in [0.1, 0.15) is 11.6 Å². The Bertz CT molecular complexity index is 1030. The van der Waals surface area contributed by atoms with Crippen molar-refractivity contribution in [3.8, 4) is 17.1 Å². The molecule has 28 heavy (non-hydrogen) atoms. The second kappa shape index (κ2) is 7.48. The number of nitrogens with zero attached hydrogens (tertiary/aromatic N) is 3. The molecule has 1 aromatic heterocycles. The predicted octanol–water partition coefficient (Wildman–Crippen LogP) is 3.31. The molecule has 2 N–H and O–H groups in total. The molecule has 1 amide bonds. The maximum absolute atomic E-state index is 11.3. The third-order valence-corrected chi connectivity index (χ3v) is 5.16. The number of para-hydroxylation sites is 1. The largest absolute Gasteiger partial charge is 0.508 e. The lowest BCUT2D eigenvalue weighted by atomic mass is 10.1. The van der Waals surface area contributed by atoms with Crippen LogP contribution in [0.1, 0.15) is 23.9 Å². The third-order valence-electron chi connectivity index (χ3n) is 5.16. The standard InChI is InChI=1S/C22H24N4O2/c1-15(27)23-18-8-5-7-16(12-18)22-24-19-10-11-26(14-20(19)25(22)2)13-17-6-3-4-9-21(17)28/h3-9,12,28H,10-11,13-14H2,1-2H3,(H,23,27). The van der Waals surface area contributed by atoms with E-state index in [-0.39, 0.29) is 5.91 Å². The summed E-state index contributed by atoms with van der Waals surface area (Å²) in [6, 6.07) is 15.3. The maximum atomic E-state index is 11.3. The highest BCUT2D eigenvalue weighted by Gasteiger charge is 2.24. The van der Waals surface area contributed by atoms with Gasteiger partial charge in [-0.1, -0.05) is 30.3 Å². The number of phenolic OH excluding ortho intramolecular Hbond substituents is 1. The summed E-state index contributed by atoms with van der Waals surface area (Å²) in [6.07, 6.45) is 0.877. The Morgan fingerprint density at radius 1 is 1.21 bits per heavy atom. The average molecular weight is 376 g/mol. The fraction of sp³-hybridized carbons (Fsp3) is 0.273. The van der Waals surface area contributed by atoms with E-state index in [1.807, 2.05) is 49.5 Å². The van der Waals surface area contributed by atoms with Crippen molar-refractivity contribution in [2.45, 2.75) is 26.4 Å². The number of phenols is 1. The Morgan fingerprint density at radius 3 is 2.82 bits per heavy atom. The molecule has 0 saturated carbocycles. The zero-order valence-corrected chi connectivity index (χ0v) is 16.1. The first-order valence-corrected chi connectivity index (χ1v) is 9.43. The molecule has 0 fully saturated rings. The molecule has 0 bridgehead atoms. The monoisotopic (exact) mass is 376 g/mol. The molecule has 0 spiro atoms. The highest BCUT2D eigenvalue weighted by molar-refractivity contribution is 5.89. The lowest BCUT2D eigenvalue weighted by molar-refractivity contribution is -0.114. The molecule has 144 valence electrons. The number of rotatable bonds is 4. The number of aromatic nitrogens is 2. The molecule has 1 aliphatic rings. The molecular formula is C22H24N4O2. The van der Waals surface area contributed by atoms with Crippen LogP contribution in [-0.2, 0) is 31.4 Å². The number of anilines is 1. The van der Waals surface area contributed by atoms with E-state index in [4.69, 9.17) is 4.98 Å². The normalized spacial score (nSPS) is 13.9. The molecule has 0 saturated heterocycles. The van der Waals surface area contributed by atoms with E-state index in [9.17, 15) is 9.90 Å². The molecule has 6 heteroatoms. The van der Waals surface area contributed by atoms with Crippen LogP contribution in [0.15, 0.2) is 48.5 Å². The van der Waals surface area contributed by atoms with Crippen molar-refractivity contribution in [2.75, 3.05) is 11.9 Å². The number of hydrogen-bond donors (Lipinski definition) is 2. The summed E-state index contributed by atoms with van der Waals surface area (Å²) in [4.78, 5) is 18.5. The lowest BCUT2D eigenvalue weighted by Crippen LogP contribution is -2.31. The van der Waals surface area contributed by atoms with Gasteiger partial charge in [-0.2, -0.15) is 0 Å². The zero-order valence-electron chi connectivity index (χ0n) is 16.1. The van der Waals surface area contributed by atoms with Gasteiger partial charge in [0, 0.05) is 56.8 Å². The van der Waals surface area contributed by atoms with Crippen LogP contribution in [0.2, 0.25) is 0 Å². The first-order chi connectivity index (χ1) is 13.5. The van der Waals surface area contributed by atoms with Gasteiger partial charge >= 0.3 is 0 Å². The van der Waals surface area contributed by atoms with E-state index in [0.29, 0.717) is 12.3 Å². The van der Waals surface area contributed by atoms with Crippen LogP contribution in [0.4, 0.5) is 5.69 Å². The molecule has 2 heterocycles. The first-order valence-electron chi connectivity index (χ1n) is 9.43. The van der Waals surface area contributed by atoms with Crippen LogP contribution in [0.5, 0.6) is 5.75 Å². The topological polar surface area (TPSA) is 70.4 Å². The minimum atomic E-state index is -0.0870. The lowest BCUT2D eigenvalue weighted by Gasteiger charge is -2.27. The number of hydrogen-bond acceptors (Lipinski definition) is 4. The van der Waals surface area contributed by atoms with Gasteiger partial charge in [0.15, 0.2) is 0 Å². The second-order valence-electron chi connectivity index (χ2n) is 7.24. The first kappa shape index (κ1) is 18.3. The Labute approximate surface area is 164 Å². The second-order valence-corrected chi connectivity index (χ2v) is 7.24. The summed E-state index contributed by atoms with van der Waals surface area (Å²) in [6.45, 7) is 3.91. The number of benzene rings is 2. The van der Waals surface area contributed by atoms with E-state index in [1.165, 1.54) is 12.6 Å². The Balaban J connectivity index is 1.58. The molecule has 6 nitrogen and oxygen atoms in total. The highest BCUT2D eigenvalue weighted by Crippen LogP contribution is 2.28. The Hall–Kier alpha value is -3.12. The van der Waals surface area contributed by atoms with Crippen molar-refractivity contribution in [1.29, 1.82) is 0 Å². The third kappa shape index (κ3) is 3.64. The number of imidazole rings is 1. The van der Waals surface area contributed by atoms with E-state index >= 15 is 0 Å². The van der Waals surface area contributed by atoms with Crippen LogP contribution in [0.3, 0.4) is 0 Å². The van der Waals surface area contributed by atoms with Gasteiger partial charge in [-0.3, -0.25) is 9.69 Å². The summed E-state index contributed by atoms with van der Waals surface area (Å²) in [5.74, 6) is 1.16. The van der Waals surface area contributed by atoms with Gasteiger partial charge in [0.2, 0.25) is 5.91 Å². The molecule has 4 rings (SSSR count). The molecule has 0 aliphatic carbocycles. The quantitative estimate of drug-likeness (QED) is 0.733. The van der Waals surface area contributed by atoms with Gasteiger partial charge in [-0.25, -0.2) is 4.98 Å². The minimum Gasteiger partial charge on any atom is -0.508 e. The minimum absolute atomic E-state index is 0.0870. The predicted molar refractivity (Wildman–Crippen MR) is 109 cm³/mol. The fourth-order valence-corrected chi connectivity index (χ4v) is 3.76. The fourth-order valence-electron chi connectivity index (χ4n) is 3.76. The summed E-state index contributed by atoms with van der Waals surface area (Å²) < 4.78 is 2.14. The van der Waals surface area contributed by atoms with Crippen molar-refractivity contribution < 1.29 is 9.90 Å². The van der Waals surface area contributed by atoms with Gasteiger partial charge < -0.3 is 15.0 Å². The highest BCUT2D eigenvalue weighted by atomic mass is 16.3. The van der Waals surface area contributed by atoms with E-state index < -0.39 is 0 Å². The van der Waals surface area contributed by atoms with E-state index in [2.05, 4.69) is 14.8 Å². The van der Waals surface area contributed by atoms with Gasteiger partial charge in [0.05, 0.1) is 11.4 Å². The molecule has 1 aliphatic heterocycles. The summed E-state index contributed by atoms with van der Waals surface area (Å²) in [5.41, 5.74) is 5.01. The van der Waals surface area contributed by atoms with Gasteiger partial charge in [0.25, 0.3) is 0 Å². The number of aromatic hydroxyl groups is 1. The van der Waals surface area contributed by atoms with Gasteiger partial charge in [-0.05, 0) is 18.2 Å². The van der Waals surface area contributed by atoms with Crippen LogP contribution in [-0.4, -0.2) is 32.0 Å². The van der Waals surface area contributed by atoms with Crippen molar-refractivity contribution in [2.24, 2.45) is 7.05 Å². The van der Waals surface area contributed by atoms with Crippen molar-refractivity contribution in [3.05, 3.63) is 65.5 Å². The Kier molecular flexibility index (Phi) is 4.88. The molecule has 3 aromatic rings.